The van der Waals surface area contributed by atoms with Gasteiger partial charge < -0.3 is 34.5 Å². The summed E-state index contributed by atoms with van der Waals surface area (Å²) in [5.74, 6) is -0.758. The van der Waals surface area contributed by atoms with Gasteiger partial charge in [-0.25, -0.2) is 18.9 Å². The highest BCUT2D eigenvalue weighted by atomic mass is 32.5. The molecule has 2 aromatic heterocycles. The van der Waals surface area contributed by atoms with E-state index in [0.29, 0.717) is 5.39 Å². The monoisotopic (exact) mass is 668 g/mol. The van der Waals surface area contributed by atoms with Crippen LogP contribution in [0, 0.1) is 0 Å². The molecule has 0 aliphatic carbocycles. The lowest BCUT2D eigenvalue weighted by Crippen LogP contribution is -2.53. The van der Waals surface area contributed by atoms with E-state index in [1.165, 1.54) is 6.92 Å². The van der Waals surface area contributed by atoms with Gasteiger partial charge in [-0.2, -0.15) is 4.98 Å². The van der Waals surface area contributed by atoms with E-state index < -0.39 is 67.4 Å². The summed E-state index contributed by atoms with van der Waals surface area (Å²) in [5, 5.41) is 26.1. The van der Waals surface area contributed by atoms with Gasteiger partial charge in [-0.15, -0.1) is 0 Å². The third-order valence-corrected chi connectivity index (χ3v) is 9.50. The molecule has 18 heteroatoms. The summed E-state index contributed by atoms with van der Waals surface area (Å²) in [6.45, 7) is -0.277. The maximum atomic E-state index is 14.9. The fourth-order valence-electron chi connectivity index (χ4n) is 4.83. The topological polar surface area (TPSA) is 196 Å². The van der Waals surface area contributed by atoms with Crippen LogP contribution >= 0.6 is 6.64 Å². The normalized spacial score (nSPS) is 23.9. The fourth-order valence-corrected chi connectivity index (χ4v) is 7.25. The fraction of sp³-hybridized carbons (Fsp3) is 0.407. The molecule has 0 saturated carbocycles. The molecule has 3 heterocycles. The molecule has 1 aliphatic rings. The molecule has 45 heavy (non-hydrogen) atoms. The Balaban J connectivity index is 1.48. The second kappa shape index (κ2) is 12.7. The molecule has 1 fully saturated rings. The highest BCUT2D eigenvalue weighted by molar-refractivity contribution is 8.09. The number of aromatic amines is 1. The number of carbonyl (C=O) groups is 1. The Morgan fingerprint density at radius 3 is 2.67 bits per heavy atom. The van der Waals surface area contributed by atoms with Crippen molar-refractivity contribution in [1.82, 2.24) is 24.6 Å². The Labute approximate surface area is 259 Å². The number of alkyl halides is 2. The largest absolute Gasteiger partial charge is 0.462 e. The predicted octanol–water partition coefficient (Wildman–Crippen LogP) is 2.36. The zero-order valence-corrected chi connectivity index (χ0v) is 25.9. The number of fused-ring (bicyclic) bond motifs is 2. The molecule has 6 atom stereocenters. The van der Waals surface area contributed by atoms with Crippen LogP contribution in [-0.4, -0.2) is 78.7 Å². The lowest BCUT2D eigenvalue weighted by molar-refractivity contribution is -0.191. The van der Waals surface area contributed by atoms with Crippen molar-refractivity contribution >= 4 is 52.3 Å². The molecule has 6 N–H and O–H groups in total. The van der Waals surface area contributed by atoms with Crippen LogP contribution in [0.15, 0.2) is 53.6 Å². The first kappa shape index (κ1) is 32.8. The molecule has 2 aromatic carbocycles. The number of halogens is 2. The maximum absolute atomic E-state index is 14.9. The summed E-state index contributed by atoms with van der Waals surface area (Å²) in [5.41, 5.74) is 1.68. The van der Waals surface area contributed by atoms with Crippen molar-refractivity contribution in [2.45, 2.75) is 63.4 Å². The molecule has 4 aromatic rings. The number of hydrogen-bond donors (Lipinski definition) is 5. The number of anilines is 1. The number of esters is 1. The number of ether oxygens (including phenoxy) is 2. The number of nitrogens with one attached hydrogen (secondary N) is 2. The lowest BCUT2D eigenvalue weighted by atomic mass is 9.96. The number of nitrogen functional groups attached to an aromatic ring is 1. The van der Waals surface area contributed by atoms with Crippen molar-refractivity contribution in [1.29, 1.82) is 0 Å². The van der Waals surface area contributed by atoms with E-state index in [-0.39, 0.29) is 22.9 Å². The highest BCUT2D eigenvalue weighted by Gasteiger charge is 2.61. The van der Waals surface area contributed by atoms with Gasteiger partial charge >= 0.3 is 12.6 Å². The van der Waals surface area contributed by atoms with Gasteiger partial charge in [-0.05, 0) is 44.0 Å². The molecule has 0 amide bonds. The lowest BCUT2D eigenvalue weighted by Gasteiger charge is -2.34. The van der Waals surface area contributed by atoms with E-state index in [1.807, 2.05) is 18.2 Å². The van der Waals surface area contributed by atoms with Crippen LogP contribution in [0.2, 0.25) is 0 Å². The Morgan fingerprint density at radius 2 is 1.96 bits per heavy atom. The number of aliphatic hydroxyl groups is 2. The molecule has 1 unspecified atom stereocenters. The Bertz CT molecular complexity index is 1820. The second-order valence-corrected chi connectivity index (χ2v) is 13.8. The van der Waals surface area contributed by atoms with Crippen molar-refractivity contribution in [2.24, 2.45) is 0 Å². The van der Waals surface area contributed by atoms with Crippen LogP contribution in [0.1, 0.15) is 27.0 Å². The van der Waals surface area contributed by atoms with E-state index in [4.69, 9.17) is 36.1 Å². The molecule has 0 spiro atoms. The first-order chi connectivity index (χ1) is 21.2. The molecule has 14 nitrogen and oxygen atoms in total. The zero-order valence-electron chi connectivity index (χ0n) is 24.2. The minimum absolute atomic E-state index is 0.179. The van der Waals surface area contributed by atoms with Crippen LogP contribution in [0.5, 0.6) is 5.75 Å². The summed E-state index contributed by atoms with van der Waals surface area (Å²) in [6, 6.07) is 11.2. The van der Waals surface area contributed by atoms with Crippen LogP contribution in [-0.2, 0) is 30.6 Å². The first-order valence-corrected chi connectivity index (χ1v) is 16.3. The van der Waals surface area contributed by atoms with Gasteiger partial charge in [0.1, 0.15) is 24.0 Å². The molecular formula is C27H31F2N6O8PS. The standard InChI is InChI=1S/C27H31F2N6O8PS/c1-13(2)41-24(39)14(3)34-44(45,43-17-10-6-8-15-7-4-5-9-16(15)17)40-11-27(25(28)29)20(37)19(36)23(42-27)35-12-31-18-21(35)32-26(30)33-22(18)38/h4-10,12-14,19-20,23,25,36-37H,11H2,1-3H3,(H,34,45)(H3,30,32,33,38)/t14-,19-,20-,23+,27+,44?/m0/s1. The number of benzene rings is 2. The molecule has 242 valence electrons. The number of hydrogen-bond acceptors (Lipinski definition) is 12. The number of rotatable bonds is 11. The zero-order chi connectivity index (χ0) is 32.7. The summed E-state index contributed by atoms with van der Waals surface area (Å²) in [4.78, 5) is 35.0. The molecule has 1 aliphatic heterocycles. The van der Waals surface area contributed by atoms with Crippen LogP contribution in [0.4, 0.5) is 14.7 Å². The Morgan fingerprint density at radius 1 is 1.24 bits per heavy atom. The third kappa shape index (κ3) is 6.42. The highest BCUT2D eigenvalue weighted by Crippen LogP contribution is 2.50. The Kier molecular flexibility index (Phi) is 9.24. The number of imidazole rings is 1. The quantitative estimate of drug-likeness (QED) is 0.116. The van der Waals surface area contributed by atoms with Crippen LogP contribution in [0.25, 0.3) is 21.9 Å². The van der Waals surface area contributed by atoms with E-state index in [0.717, 1.165) is 16.3 Å². The van der Waals surface area contributed by atoms with Crippen LogP contribution < -0.4 is 20.9 Å². The van der Waals surface area contributed by atoms with Crippen molar-refractivity contribution in [2.75, 3.05) is 12.3 Å². The molecule has 5 rings (SSSR count). The minimum Gasteiger partial charge on any atom is -0.462 e. The minimum atomic E-state index is -3.93. The maximum Gasteiger partial charge on any atom is 0.323 e. The van der Waals surface area contributed by atoms with Gasteiger partial charge in [0.15, 0.2) is 23.0 Å². The number of carbonyl (C=O) groups excluding carboxylic acids is 1. The average Bonchev–Trinajstić information content (AvgIpc) is 3.51. The van der Waals surface area contributed by atoms with Gasteiger partial charge in [0.2, 0.25) is 5.95 Å². The number of nitrogens with two attached hydrogens (primary N) is 1. The van der Waals surface area contributed by atoms with Gasteiger partial charge in [0.25, 0.3) is 12.0 Å². The average molecular weight is 669 g/mol. The third-order valence-electron chi connectivity index (χ3n) is 7.04. The van der Waals surface area contributed by atoms with Gasteiger partial charge in [-0.1, -0.05) is 36.4 Å². The van der Waals surface area contributed by atoms with E-state index in [9.17, 15) is 28.6 Å². The van der Waals surface area contributed by atoms with Crippen molar-refractivity contribution in [3.05, 3.63) is 59.1 Å². The SMILES string of the molecule is CC(C)OC(=O)[C@H](C)NP(=S)(OC[C@@]1(C(F)F)O[C@@H](n2cnc3c(=O)[nH]c(N)nc32)[C@@H](O)[C@@H]1O)Oc1cccc2ccccc12. The van der Waals surface area contributed by atoms with E-state index in [2.05, 4.69) is 20.0 Å². The van der Waals surface area contributed by atoms with E-state index in [1.54, 1.807) is 38.1 Å². The first-order valence-electron chi connectivity index (χ1n) is 13.7. The summed E-state index contributed by atoms with van der Waals surface area (Å²) < 4.78 is 53.6. The van der Waals surface area contributed by atoms with Gasteiger partial charge in [0.05, 0.1) is 19.0 Å². The number of H-pyrrole nitrogens is 1. The number of nitrogens with zero attached hydrogens (tertiary/aromatic N) is 3. The van der Waals surface area contributed by atoms with Crippen molar-refractivity contribution in [3.63, 3.8) is 0 Å². The van der Waals surface area contributed by atoms with Gasteiger partial charge in [0, 0.05) is 5.39 Å². The van der Waals surface area contributed by atoms with Crippen LogP contribution in [0.3, 0.4) is 0 Å². The summed E-state index contributed by atoms with van der Waals surface area (Å²) in [6.07, 6.45) is -8.75. The number of aliphatic hydroxyl groups excluding tert-OH is 2. The molecular weight excluding hydrogens is 637 g/mol. The smallest absolute Gasteiger partial charge is 0.323 e. The second-order valence-electron chi connectivity index (χ2n) is 10.7. The van der Waals surface area contributed by atoms with Gasteiger partial charge in [-0.3, -0.25) is 19.1 Å². The summed E-state index contributed by atoms with van der Waals surface area (Å²) >= 11 is 5.72. The van der Waals surface area contributed by atoms with Crippen molar-refractivity contribution < 1.29 is 42.3 Å². The molecule has 0 bridgehead atoms. The summed E-state index contributed by atoms with van der Waals surface area (Å²) in [7, 11) is 0. The number of aromatic nitrogens is 4. The Hall–Kier alpha value is -3.57. The molecule has 0 radical (unpaired) electrons. The van der Waals surface area contributed by atoms with Crippen molar-refractivity contribution in [3.8, 4) is 5.75 Å². The van der Waals surface area contributed by atoms with E-state index >= 15 is 0 Å². The predicted molar refractivity (Wildman–Crippen MR) is 162 cm³/mol. The molecule has 1 saturated heterocycles.